The normalized spacial score (nSPS) is 25.1. The molecule has 4 fully saturated rings. The van der Waals surface area contributed by atoms with Crippen LogP contribution in [0.4, 0.5) is 34.1 Å². The number of rotatable bonds is 8. The summed E-state index contributed by atoms with van der Waals surface area (Å²) in [6.07, 6.45) is 5.84. The Morgan fingerprint density at radius 1 is 0.411 bits per heavy atom. The van der Waals surface area contributed by atoms with E-state index in [0.717, 1.165) is 29.1 Å². The van der Waals surface area contributed by atoms with Gasteiger partial charge in [-0.2, -0.15) is 0 Å². The number of hydrogen-bond donors (Lipinski definition) is 0. The van der Waals surface area contributed by atoms with Crippen LogP contribution in [0, 0.1) is 23.2 Å². The van der Waals surface area contributed by atoms with Gasteiger partial charge in [-0.25, -0.2) is 0 Å². The lowest BCUT2D eigenvalue weighted by Crippen LogP contribution is -2.87. The molecule has 4 saturated carbocycles. The highest BCUT2D eigenvalue weighted by atomic mass is 15.1. The molecule has 0 radical (unpaired) electrons. The predicted molar refractivity (Wildman–Crippen MR) is 232 cm³/mol. The molecule has 5 aliphatic carbocycles. The van der Waals surface area contributed by atoms with Crippen molar-refractivity contribution in [2.75, 3.05) is 9.80 Å². The summed E-state index contributed by atoms with van der Waals surface area (Å²) < 4.78 is 0. The molecule has 1 spiro atoms. The van der Waals surface area contributed by atoms with Gasteiger partial charge in [0.25, 0.3) is 0 Å². The first-order valence-electron chi connectivity index (χ1n) is 20.7. The minimum atomic E-state index is -0.190. The number of para-hydroxylation sites is 2. The molecule has 56 heavy (non-hydrogen) atoms. The Kier molecular flexibility index (Phi) is 6.70. The molecule has 0 saturated heterocycles. The summed E-state index contributed by atoms with van der Waals surface area (Å²) in [5.41, 5.74) is 17.5. The molecule has 12 rings (SSSR count). The van der Waals surface area contributed by atoms with E-state index in [-0.39, 0.29) is 5.41 Å². The molecule has 5 aliphatic rings. The van der Waals surface area contributed by atoms with E-state index in [9.17, 15) is 0 Å². The maximum atomic E-state index is 2.50. The summed E-state index contributed by atoms with van der Waals surface area (Å²) >= 11 is 0. The highest BCUT2D eigenvalue weighted by Crippen LogP contribution is 2.92. The summed E-state index contributed by atoms with van der Waals surface area (Å²) in [5.74, 6) is 3.03. The average molecular weight is 723 g/mol. The van der Waals surface area contributed by atoms with E-state index in [1.807, 2.05) is 0 Å². The SMILES string of the molecule is CC1(C)c2cc(N(c3ccccc3)c3ccccc3)ccc2-c2ccc(N(c3ccc(-c4ccccc4)cc3)c3ccc(C45CC6CC7CC(C4)C765)cc3)cc21. The number of fused-ring (bicyclic) bond motifs is 3. The Morgan fingerprint density at radius 2 is 0.821 bits per heavy atom. The molecule has 0 heterocycles. The van der Waals surface area contributed by atoms with Crippen molar-refractivity contribution in [2.45, 2.75) is 50.4 Å². The van der Waals surface area contributed by atoms with E-state index in [1.165, 1.54) is 81.8 Å². The standard InChI is InChI=1S/C54H46N2/c1-52(2)50-32-46(55(42-14-8-4-9-15-42)43-16-10-5-11-17-43)26-28-48(50)49-29-27-47(33-51(49)52)56(44-22-18-37(19-23-44)36-12-6-3-7-13-36)45-24-20-38(21-25-45)53-34-40-30-39-31-41(35-53)54(39,40)53/h3-29,32-33,39-41H,30-31,34-35H2,1-2H3. The number of benzene rings is 7. The van der Waals surface area contributed by atoms with Gasteiger partial charge in [-0.15, -0.1) is 0 Å². The Bertz CT molecular complexity index is 2560. The van der Waals surface area contributed by atoms with Gasteiger partial charge >= 0.3 is 0 Å². The van der Waals surface area contributed by atoms with Crippen molar-refractivity contribution in [3.05, 3.63) is 193 Å². The molecule has 7 aromatic rings. The summed E-state index contributed by atoms with van der Waals surface area (Å²) in [5, 5.41) is 0. The Morgan fingerprint density at radius 3 is 1.29 bits per heavy atom. The van der Waals surface area contributed by atoms with Crippen LogP contribution in [0.25, 0.3) is 22.3 Å². The van der Waals surface area contributed by atoms with Crippen LogP contribution in [0.15, 0.2) is 176 Å². The van der Waals surface area contributed by atoms with Gasteiger partial charge in [-0.3, -0.25) is 0 Å². The van der Waals surface area contributed by atoms with Gasteiger partial charge in [0, 0.05) is 45.0 Å². The van der Waals surface area contributed by atoms with Crippen LogP contribution < -0.4 is 9.80 Å². The molecule has 0 aliphatic heterocycles. The molecule has 2 nitrogen and oxygen atoms in total. The molecule has 0 N–H and O–H groups in total. The third-order valence-corrected chi connectivity index (χ3v) is 15.3. The molecular formula is C54H46N2. The number of anilines is 6. The van der Waals surface area contributed by atoms with Crippen LogP contribution in [0.5, 0.6) is 0 Å². The van der Waals surface area contributed by atoms with Crippen LogP contribution >= 0.6 is 0 Å². The highest BCUT2D eigenvalue weighted by molar-refractivity contribution is 5.88. The summed E-state index contributed by atoms with van der Waals surface area (Å²) in [7, 11) is 0. The fourth-order valence-corrected chi connectivity index (χ4v) is 12.8. The highest BCUT2D eigenvalue weighted by Gasteiger charge is 2.87. The zero-order valence-electron chi connectivity index (χ0n) is 32.2. The van der Waals surface area contributed by atoms with E-state index in [2.05, 4.69) is 200 Å². The van der Waals surface area contributed by atoms with E-state index in [0.29, 0.717) is 10.8 Å². The lowest BCUT2D eigenvalue weighted by atomic mass is 9.12. The molecule has 0 amide bonds. The smallest absolute Gasteiger partial charge is 0.0465 e. The molecule has 2 atom stereocenters. The van der Waals surface area contributed by atoms with Crippen LogP contribution in [0.1, 0.15) is 56.2 Å². The second-order valence-electron chi connectivity index (χ2n) is 17.9. The summed E-state index contributed by atoms with van der Waals surface area (Å²) in [6, 6.07) is 65.4. The van der Waals surface area contributed by atoms with E-state index >= 15 is 0 Å². The molecule has 0 aromatic heterocycles. The lowest BCUT2D eigenvalue weighted by Gasteiger charge is -2.91. The average Bonchev–Trinajstić information content (AvgIpc) is 3.44. The van der Waals surface area contributed by atoms with Crippen LogP contribution in [-0.4, -0.2) is 0 Å². The minimum absolute atomic E-state index is 0.190. The lowest BCUT2D eigenvalue weighted by molar-refractivity contribution is -0.395. The molecule has 272 valence electrons. The summed E-state index contributed by atoms with van der Waals surface area (Å²) in [4.78, 5) is 4.85. The van der Waals surface area contributed by atoms with Crippen molar-refractivity contribution >= 4 is 34.1 Å². The third-order valence-electron chi connectivity index (χ3n) is 15.3. The van der Waals surface area contributed by atoms with Gasteiger partial charge in [-0.05, 0) is 161 Å². The first-order chi connectivity index (χ1) is 27.5. The zero-order chi connectivity index (χ0) is 37.2. The quantitative estimate of drug-likeness (QED) is 0.154. The Balaban J connectivity index is 0.934. The maximum absolute atomic E-state index is 2.50. The molecule has 2 unspecified atom stereocenters. The Hall–Kier alpha value is -5.86. The molecule has 2 heteroatoms. The van der Waals surface area contributed by atoms with Gasteiger partial charge in [0.15, 0.2) is 0 Å². The van der Waals surface area contributed by atoms with Crippen molar-refractivity contribution in [2.24, 2.45) is 23.2 Å². The second kappa shape index (κ2) is 11.6. The van der Waals surface area contributed by atoms with E-state index < -0.39 is 0 Å². The predicted octanol–water partition coefficient (Wildman–Crippen LogP) is 14.3. The fraction of sp³-hybridized carbons (Fsp3) is 0.222. The largest absolute Gasteiger partial charge is 0.310 e. The first kappa shape index (κ1) is 32.4. The number of nitrogens with zero attached hydrogens (tertiary/aromatic N) is 2. The molecular weight excluding hydrogens is 677 g/mol. The Labute approximate surface area is 331 Å². The number of hydrogen-bond acceptors (Lipinski definition) is 2. The van der Waals surface area contributed by atoms with Crippen LogP contribution in [0.3, 0.4) is 0 Å². The van der Waals surface area contributed by atoms with Crippen LogP contribution in [0.2, 0.25) is 0 Å². The third kappa shape index (κ3) is 4.22. The van der Waals surface area contributed by atoms with Gasteiger partial charge in [0.2, 0.25) is 0 Å². The van der Waals surface area contributed by atoms with Crippen molar-refractivity contribution < 1.29 is 0 Å². The van der Waals surface area contributed by atoms with E-state index in [4.69, 9.17) is 0 Å². The zero-order valence-corrected chi connectivity index (χ0v) is 32.2. The van der Waals surface area contributed by atoms with Gasteiger partial charge in [0.1, 0.15) is 0 Å². The van der Waals surface area contributed by atoms with Crippen molar-refractivity contribution in [1.82, 2.24) is 0 Å². The van der Waals surface area contributed by atoms with Crippen molar-refractivity contribution in [3.63, 3.8) is 0 Å². The second-order valence-corrected chi connectivity index (χ2v) is 17.9. The first-order valence-corrected chi connectivity index (χ1v) is 20.7. The fourth-order valence-electron chi connectivity index (χ4n) is 12.8. The van der Waals surface area contributed by atoms with Crippen molar-refractivity contribution in [1.29, 1.82) is 0 Å². The minimum Gasteiger partial charge on any atom is -0.310 e. The van der Waals surface area contributed by atoms with Crippen LogP contribution in [-0.2, 0) is 10.8 Å². The van der Waals surface area contributed by atoms with E-state index in [1.54, 1.807) is 5.56 Å². The summed E-state index contributed by atoms with van der Waals surface area (Å²) in [6.45, 7) is 4.80. The van der Waals surface area contributed by atoms with Gasteiger partial charge < -0.3 is 9.80 Å². The molecule has 0 bridgehead atoms. The monoisotopic (exact) mass is 722 g/mol. The van der Waals surface area contributed by atoms with Gasteiger partial charge in [0.05, 0.1) is 0 Å². The molecule has 7 aromatic carbocycles. The maximum Gasteiger partial charge on any atom is 0.0465 e. The topological polar surface area (TPSA) is 6.48 Å². The van der Waals surface area contributed by atoms with Gasteiger partial charge in [-0.1, -0.05) is 117 Å². The van der Waals surface area contributed by atoms with Crippen molar-refractivity contribution in [3.8, 4) is 22.3 Å².